The van der Waals surface area contributed by atoms with Gasteiger partial charge in [0.2, 0.25) is 0 Å². The first-order valence-electron chi connectivity index (χ1n) is 10.0. The van der Waals surface area contributed by atoms with E-state index >= 15 is 0 Å². The van der Waals surface area contributed by atoms with Gasteiger partial charge in [0.1, 0.15) is 5.25 Å². The quantitative estimate of drug-likeness (QED) is 0.376. The molecule has 1 aromatic heterocycles. The fourth-order valence-corrected chi connectivity index (χ4v) is 7.09. The molecule has 0 spiro atoms. The van der Waals surface area contributed by atoms with E-state index in [1.54, 1.807) is 35.6 Å². The van der Waals surface area contributed by atoms with Crippen LogP contribution in [0.25, 0.3) is 10.4 Å². The van der Waals surface area contributed by atoms with Crippen LogP contribution in [0, 0.1) is 0 Å². The molecule has 0 fully saturated rings. The first-order chi connectivity index (χ1) is 13.6. The Balaban J connectivity index is 2.10. The smallest absolute Gasteiger partial charge is 0.186 e. The van der Waals surface area contributed by atoms with E-state index in [0.717, 1.165) is 41.0 Å². The van der Waals surface area contributed by atoms with E-state index in [-0.39, 0.29) is 0 Å². The fourth-order valence-electron chi connectivity index (χ4n) is 3.49. The van der Waals surface area contributed by atoms with Crippen molar-refractivity contribution in [3.8, 4) is 10.4 Å². The molecule has 0 amide bonds. The van der Waals surface area contributed by atoms with Crippen LogP contribution in [0.4, 0.5) is 0 Å². The Kier molecular flexibility index (Phi) is 7.08. The van der Waals surface area contributed by atoms with Crippen molar-refractivity contribution in [2.45, 2.75) is 56.1 Å². The highest BCUT2D eigenvalue weighted by Gasteiger charge is 2.31. The maximum absolute atomic E-state index is 13.5. The molecule has 0 saturated heterocycles. The van der Waals surface area contributed by atoms with Crippen molar-refractivity contribution < 1.29 is 8.42 Å². The van der Waals surface area contributed by atoms with Crippen LogP contribution in [0.15, 0.2) is 71.6 Å². The molecule has 1 heterocycles. The van der Waals surface area contributed by atoms with Crippen LogP contribution < -0.4 is 0 Å². The summed E-state index contributed by atoms with van der Waals surface area (Å²) in [6, 6.07) is 21.4. The third-order valence-electron chi connectivity index (χ3n) is 4.99. The van der Waals surface area contributed by atoms with Gasteiger partial charge in [0.25, 0.3) is 0 Å². The highest BCUT2D eigenvalue weighted by molar-refractivity contribution is 7.91. The summed E-state index contributed by atoms with van der Waals surface area (Å²) >= 11 is 1.65. The largest absolute Gasteiger partial charge is 0.223 e. The zero-order chi connectivity index (χ0) is 20.0. The lowest BCUT2D eigenvalue weighted by Crippen LogP contribution is -2.14. The molecule has 4 heteroatoms. The van der Waals surface area contributed by atoms with Gasteiger partial charge in [-0.25, -0.2) is 8.42 Å². The Labute approximate surface area is 173 Å². The zero-order valence-electron chi connectivity index (χ0n) is 16.6. The summed E-state index contributed by atoms with van der Waals surface area (Å²) in [4.78, 5) is 2.61. The molecular formula is C24H28O2S2. The van der Waals surface area contributed by atoms with Crippen LogP contribution in [0.2, 0.25) is 0 Å². The van der Waals surface area contributed by atoms with Gasteiger partial charge in [-0.15, -0.1) is 11.3 Å². The van der Waals surface area contributed by atoms with Crippen LogP contribution in [-0.2, 0) is 16.3 Å². The standard InChI is InChI=1S/C24H28O2S2/c1-3-5-13-20-18-22(19-14-8-6-9-15-19)27-24(20)23(12-4-2)28(25,26)21-16-10-7-11-17-21/h6-11,14-18,23H,3-5,12-13H2,1-2H3. The number of hydrogen-bond donors (Lipinski definition) is 0. The van der Waals surface area contributed by atoms with Gasteiger partial charge in [-0.05, 0) is 48.6 Å². The maximum atomic E-state index is 13.5. The molecule has 0 radical (unpaired) electrons. The molecule has 0 saturated carbocycles. The van der Waals surface area contributed by atoms with E-state index in [1.165, 1.54) is 5.56 Å². The summed E-state index contributed by atoms with van der Waals surface area (Å²) in [6.07, 6.45) is 4.58. The summed E-state index contributed by atoms with van der Waals surface area (Å²) in [5.41, 5.74) is 2.35. The Bertz CT molecular complexity index is 974. The van der Waals surface area contributed by atoms with E-state index in [2.05, 4.69) is 32.0 Å². The van der Waals surface area contributed by atoms with Crippen molar-refractivity contribution in [3.63, 3.8) is 0 Å². The minimum atomic E-state index is -3.42. The predicted octanol–water partition coefficient (Wildman–Crippen LogP) is 7.07. The van der Waals surface area contributed by atoms with Gasteiger partial charge in [0.15, 0.2) is 9.84 Å². The number of hydrogen-bond acceptors (Lipinski definition) is 3. The number of thiophene rings is 1. The molecule has 0 N–H and O–H groups in total. The summed E-state index contributed by atoms with van der Waals surface area (Å²) in [6.45, 7) is 4.24. The number of aryl methyl sites for hydroxylation is 1. The maximum Gasteiger partial charge on any atom is 0.186 e. The average Bonchev–Trinajstić information content (AvgIpc) is 3.15. The van der Waals surface area contributed by atoms with E-state index in [9.17, 15) is 8.42 Å². The van der Waals surface area contributed by atoms with Crippen molar-refractivity contribution in [2.24, 2.45) is 0 Å². The minimum Gasteiger partial charge on any atom is -0.223 e. The van der Waals surface area contributed by atoms with Crippen molar-refractivity contribution in [1.82, 2.24) is 0 Å². The fraction of sp³-hybridized carbons (Fsp3) is 0.333. The highest BCUT2D eigenvalue weighted by Crippen LogP contribution is 2.42. The van der Waals surface area contributed by atoms with Crippen LogP contribution in [0.1, 0.15) is 55.2 Å². The van der Waals surface area contributed by atoms with Crippen LogP contribution in [0.3, 0.4) is 0 Å². The Morgan fingerprint density at radius 2 is 1.54 bits per heavy atom. The predicted molar refractivity (Wildman–Crippen MR) is 120 cm³/mol. The average molecular weight is 413 g/mol. The SMILES string of the molecule is CCCCc1cc(-c2ccccc2)sc1C(CCC)S(=O)(=O)c1ccccc1. The molecule has 2 aromatic carbocycles. The molecule has 3 rings (SSSR count). The van der Waals surface area contributed by atoms with Crippen LogP contribution in [0.5, 0.6) is 0 Å². The lowest BCUT2D eigenvalue weighted by atomic mass is 10.0. The highest BCUT2D eigenvalue weighted by atomic mass is 32.2. The lowest BCUT2D eigenvalue weighted by molar-refractivity contribution is 0.574. The second kappa shape index (κ2) is 9.53. The monoisotopic (exact) mass is 412 g/mol. The van der Waals surface area contributed by atoms with E-state index in [4.69, 9.17) is 0 Å². The second-order valence-corrected chi connectivity index (χ2v) is 10.3. The molecule has 28 heavy (non-hydrogen) atoms. The molecule has 3 aromatic rings. The van der Waals surface area contributed by atoms with Gasteiger partial charge in [-0.2, -0.15) is 0 Å². The van der Waals surface area contributed by atoms with E-state index < -0.39 is 15.1 Å². The second-order valence-electron chi connectivity index (χ2n) is 7.11. The summed E-state index contributed by atoms with van der Waals surface area (Å²) in [7, 11) is -3.42. The Hall–Kier alpha value is -1.91. The normalized spacial score (nSPS) is 12.8. The molecule has 1 atom stereocenters. The Morgan fingerprint density at radius 3 is 2.14 bits per heavy atom. The first-order valence-corrected chi connectivity index (χ1v) is 12.4. The van der Waals surface area contributed by atoms with Gasteiger partial charge in [0.05, 0.1) is 4.90 Å². The molecule has 0 bridgehead atoms. The molecule has 0 aliphatic heterocycles. The third-order valence-corrected chi connectivity index (χ3v) is 8.63. The molecule has 2 nitrogen and oxygen atoms in total. The topological polar surface area (TPSA) is 34.1 Å². The van der Waals surface area contributed by atoms with Gasteiger partial charge in [-0.3, -0.25) is 0 Å². The van der Waals surface area contributed by atoms with Crippen molar-refractivity contribution >= 4 is 21.2 Å². The molecule has 1 unspecified atom stereocenters. The van der Waals surface area contributed by atoms with E-state index in [0.29, 0.717) is 11.3 Å². The van der Waals surface area contributed by atoms with Gasteiger partial charge < -0.3 is 0 Å². The van der Waals surface area contributed by atoms with Crippen molar-refractivity contribution in [2.75, 3.05) is 0 Å². The minimum absolute atomic E-state index is 0.421. The van der Waals surface area contributed by atoms with Crippen molar-refractivity contribution in [3.05, 3.63) is 77.2 Å². The molecule has 0 aliphatic carbocycles. The third kappa shape index (κ3) is 4.56. The van der Waals surface area contributed by atoms with E-state index in [1.807, 2.05) is 24.3 Å². The van der Waals surface area contributed by atoms with Crippen LogP contribution in [-0.4, -0.2) is 8.42 Å². The molecule has 148 valence electrons. The number of benzene rings is 2. The summed E-state index contributed by atoms with van der Waals surface area (Å²) in [5, 5.41) is -0.478. The van der Waals surface area contributed by atoms with Crippen LogP contribution >= 0.6 is 11.3 Å². The number of sulfone groups is 1. The lowest BCUT2D eigenvalue weighted by Gasteiger charge is -2.18. The summed E-state index contributed by atoms with van der Waals surface area (Å²) in [5.74, 6) is 0. The summed E-state index contributed by atoms with van der Waals surface area (Å²) < 4.78 is 27.0. The van der Waals surface area contributed by atoms with Gasteiger partial charge in [0, 0.05) is 9.75 Å². The van der Waals surface area contributed by atoms with Gasteiger partial charge in [-0.1, -0.05) is 75.2 Å². The zero-order valence-corrected chi connectivity index (χ0v) is 18.2. The molecule has 0 aliphatic rings. The number of unbranched alkanes of at least 4 members (excludes halogenated alkanes) is 1. The van der Waals surface area contributed by atoms with Gasteiger partial charge >= 0.3 is 0 Å². The first kappa shape index (κ1) is 20.8. The Morgan fingerprint density at radius 1 is 0.893 bits per heavy atom. The molecular weight excluding hydrogens is 384 g/mol. The number of rotatable bonds is 9. The van der Waals surface area contributed by atoms with Crippen molar-refractivity contribution in [1.29, 1.82) is 0 Å².